The molecule has 18 aromatic rings. The second-order valence-corrected chi connectivity index (χ2v) is 24.8. The van der Waals surface area contributed by atoms with E-state index >= 15 is 4.39 Å². The quantitative estimate of drug-likeness (QED) is 0.113. The van der Waals surface area contributed by atoms with Gasteiger partial charge in [0.15, 0.2) is 0 Å². The second kappa shape index (κ2) is 24.1. The van der Waals surface area contributed by atoms with Gasteiger partial charge in [-0.1, -0.05) is 158 Å². The van der Waals surface area contributed by atoms with Crippen LogP contribution in [0.5, 0.6) is 0 Å². The number of anilines is 12. The third-order valence-electron chi connectivity index (χ3n) is 19.1. The zero-order valence-corrected chi connectivity index (χ0v) is 53.4. The maximum absolute atomic E-state index is 15.2. The molecule has 8 nitrogen and oxygen atoms in total. The van der Waals surface area contributed by atoms with Crippen LogP contribution in [-0.4, -0.2) is 0 Å². The number of halogens is 2. The lowest BCUT2D eigenvalue weighted by atomic mass is 9.96. The van der Waals surface area contributed by atoms with Gasteiger partial charge in [-0.05, 0) is 178 Å². The monoisotopic (exact) mass is 1290 g/mol. The average molecular weight is 1290 g/mol. The standard InChI is InChI=1S/C90H54F2N6O2/c91-61-37-45-67(46-38-61)96(64-21-5-2-6-22-64)80-52-84-88(76-30-12-8-26-72(76)80)90-78-32-14-10-28-74(78)82(54-86(90)100-84)98(68-47-39-62(92)40-48-68)70-24-16-18-60(50-70)59-17-15-23-69(49-59)97(66-43-35-58(56-94)36-44-66)81-53-85-89(77-31-13-9-27-73(77)81)87-75-29-11-7-25-71(75)79(51-83(87)99-85)95(63-19-3-1-4-20-63)65-41-33-57(55-93)34-42-65/h1-54H. The molecular weight excluding hydrogens is 1240 g/mol. The number of furan rings is 2. The Labute approximate surface area is 573 Å². The number of hydrogen-bond acceptors (Lipinski definition) is 8. The molecule has 0 unspecified atom stereocenters. The smallest absolute Gasteiger partial charge is 0.138 e. The van der Waals surface area contributed by atoms with E-state index in [1.165, 1.54) is 24.3 Å². The summed E-state index contributed by atoms with van der Waals surface area (Å²) in [6.45, 7) is 0. The van der Waals surface area contributed by atoms with E-state index in [0.29, 0.717) is 33.5 Å². The van der Waals surface area contributed by atoms with Crippen molar-refractivity contribution >= 4 is 155 Å². The zero-order chi connectivity index (χ0) is 67.0. The highest BCUT2D eigenvalue weighted by atomic mass is 19.1. The van der Waals surface area contributed by atoms with Crippen LogP contribution >= 0.6 is 0 Å². The van der Waals surface area contributed by atoms with E-state index in [1.807, 2.05) is 121 Å². The predicted molar refractivity (Wildman–Crippen MR) is 405 cm³/mol. The summed E-state index contributed by atoms with van der Waals surface area (Å²) < 4.78 is 44.2. The maximum atomic E-state index is 15.2. The topological polar surface area (TPSA) is 86.8 Å². The predicted octanol–water partition coefficient (Wildman–Crippen LogP) is 25.7. The van der Waals surface area contributed by atoms with Gasteiger partial charge in [0, 0.05) is 113 Å². The summed E-state index contributed by atoms with van der Waals surface area (Å²) in [4.78, 5) is 8.77. The van der Waals surface area contributed by atoms with Crippen molar-refractivity contribution in [2.24, 2.45) is 0 Å². The second-order valence-electron chi connectivity index (χ2n) is 24.8. The highest BCUT2D eigenvalue weighted by Gasteiger charge is 2.28. The first-order chi connectivity index (χ1) is 49.3. The Morgan fingerprint density at radius 3 is 0.760 bits per heavy atom. The molecule has 0 aliphatic rings. The molecule has 18 rings (SSSR count). The third kappa shape index (κ3) is 9.94. The van der Waals surface area contributed by atoms with Gasteiger partial charge in [-0.3, -0.25) is 0 Å². The van der Waals surface area contributed by atoms with Gasteiger partial charge in [-0.25, -0.2) is 8.78 Å². The summed E-state index contributed by atoms with van der Waals surface area (Å²) in [6, 6.07) is 113. The molecule has 100 heavy (non-hydrogen) atoms. The molecule has 0 aliphatic heterocycles. The van der Waals surface area contributed by atoms with Crippen molar-refractivity contribution in [1.29, 1.82) is 10.5 Å². The molecule has 2 aromatic heterocycles. The molecule has 0 aliphatic carbocycles. The first-order valence-corrected chi connectivity index (χ1v) is 32.9. The van der Waals surface area contributed by atoms with E-state index in [0.717, 1.165) is 144 Å². The molecule has 0 fully saturated rings. The molecule has 0 atom stereocenters. The number of benzene rings is 16. The fourth-order valence-corrected chi connectivity index (χ4v) is 14.7. The first kappa shape index (κ1) is 58.8. The number of fused-ring (bicyclic) bond motifs is 14. The molecule has 0 spiro atoms. The maximum Gasteiger partial charge on any atom is 0.138 e. The van der Waals surface area contributed by atoms with E-state index < -0.39 is 0 Å². The molecule has 0 saturated carbocycles. The normalized spacial score (nSPS) is 11.5. The SMILES string of the molecule is N#Cc1ccc(N(c2ccccc2)c2cc3oc4cc(N(c5ccc(C#N)cc5)c5cccc(-c6cccc(N(c7ccc(F)cc7)c7cc8oc9cc(N(c%10ccccc%10)c%10ccc(F)cc%10)c%10ccccc%10c9c8c8ccccc78)c6)c5)c5ccccc5c4c3c3ccccc23)cc1. The van der Waals surface area contributed by atoms with Gasteiger partial charge in [0.05, 0.1) is 46.0 Å². The Morgan fingerprint density at radius 1 is 0.230 bits per heavy atom. The van der Waals surface area contributed by atoms with Crippen LogP contribution in [0.2, 0.25) is 0 Å². The third-order valence-corrected chi connectivity index (χ3v) is 19.1. The van der Waals surface area contributed by atoms with Crippen molar-refractivity contribution in [3.05, 3.63) is 350 Å². The summed E-state index contributed by atoms with van der Waals surface area (Å²) in [6.07, 6.45) is 0. The van der Waals surface area contributed by atoms with Gasteiger partial charge >= 0.3 is 0 Å². The van der Waals surface area contributed by atoms with Crippen LogP contribution in [0.1, 0.15) is 11.1 Å². The van der Waals surface area contributed by atoms with Crippen LogP contribution in [0.3, 0.4) is 0 Å². The molecular formula is C90H54F2N6O2. The van der Waals surface area contributed by atoms with Crippen LogP contribution in [-0.2, 0) is 0 Å². The van der Waals surface area contributed by atoms with E-state index in [-0.39, 0.29) is 11.6 Å². The summed E-state index contributed by atoms with van der Waals surface area (Å²) in [7, 11) is 0. The van der Waals surface area contributed by atoms with E-state index in [4.69, 9.17) is 8.83 Å². The van der Waals surface area contributed by atoms with Crippen LogP contribution in [0.25, 0.3) is 98.1 Å². The van der Waals surface area contributed by atoms with Gasteiger partial charge in [-0.2, -0.15) is 10.5 Å². The van der Waals surface area contributed by atoms with Crippen molar-refractivity contribution in [3.63, 3.8) is 0 Å². The Balaban J connectivity index is 0.792. The van der Waals surface area contributed by atoms with Crippen LogP contribution in [0, 0.1) is 34.3 Å². The number of nitrogens with zero attached hydrogens (tertiary/aromatic N) is 6. The molecule has 0 N–H and O–H groups in total. The first-order valence-electron chi connectivity index (χ1n) is 32.9. The van der Waals surface area contributed by atoms with Crippen molar-refractivity contribution in [1.82, 2.24) is 0 Å². The molecule has 2 heterocycles. The molecule has 470 valence electrons. The summed E-state index contributed by atoms with van der Waals surface area (Å²) in [5.74, 6) is -0.674. The molecule has 16 aromatic carbocycles. The Kier molecular flexibility index (Phi) is 14.2. The Hall–Kier alpha value is -13.8. The van der Waals surface area contributed by atoms with E-state index in [9.17, 15) is 14.9 Å². The Morgan fingerprint density at radius 2 is 0.470 bits per heavy atom. The largest absolute Gasteiger partial charge is 0.456 e. The number of hydrogen-bond donors (Lipinski definition) is 0. The van der Waals surface area contributed by atoms with Crippen molar-refractivity contribution in [2.45, 2.75) is 0 Å². The molecule has 10 heteroatoms. The van der Waals surface area contributed by atoms with Gasteiger partial charge in [0.2, 0.25) is 0 Å². The highest BCUT2D eigenvalue weighted by Crippen LogP contribution is 2.53. The number of para-hydroxylation sites is 2. The highest BCUT2D eigenvalue weighted by molar-refractivity contribution is 6.32. The average Bonchev–Trinajstić information content (AvgIpc) is 1.53. The molecule has 0 radical (unpaired) electrons. The minimum absolute atomic E-state index is 0.320. The van der Waals surface area contributed by atoms with Gasteiger partial charge in [0.25, 0.3) is 0 Å². The number of nitriles is 2. The van der Waals surface area contributed by atoms with Gasteiger partial charge in [0.1, 0.15) is 34.0 Å². The lowest BCUT2D eigenvalue weighted by molar-refractivity contribution is 0.627. The zero-order valence-electron chi connectivity index (χ0n) is 53.4. The molecule has 0 saturated heterocycles. The van der Waals surface area contributed by atoms with Crippen molar-refractivity contribution < 1.29 is 17.6 Å². The van der Waals surface area contributed by atoms with Crippen molar-refractivity contribution in [3.8, 4) is 23.3 Å². The lowest BCUT2D eigenvalue weighted by Gasteiger charge is -2.28. The van der Waals surface area contributed by atoms with Crippen LogP contribution in [0.15, 0.2) is 336 Å². The van der Waals surface area contributed by atoms with Crippen LogP contribution < -0.4 is 19.6 Å². The van der Waals surface area contributed by atoms with E-state index in [2.05, 4.69) is 202 Å². The van der Waals surface area contributed by atoms with Crippen molar-refractivity contribution in [2.75, 3.05) is 19.6 Å². The summed E-state index contributed by atoms with van der Waals surface area (Å²) in [5.41, 5.74) is 16.0. The fourth-order valence-electron chi connectivity index (χ4n) is 14.7. The van der Waals surface area contributed by atoms with Gasteiger partial charge in [-0.15, -0.1) is 0 Å². The van der Waals surface area contributed by atoms with E-state index in [1.54, 1.807) is 12.1 Å². The van der Waals surface area contributed by atoms with Crippen LogP contribution in [0.4, 0.5) is 77.0 Å². The minimum Gasteiger partial charge on any atom is -0.456 e. The number of rotatable bonds is 13. The Bertz CT molecular complexity index is 6340. The van der Waals surface area contributed by atoms with Gasteiger partial charge < -0.3 is 28.4 Å². The molecule has 0 bridgehead atoms. The minimum atomic E-state index is -0.354. The lowest BCUT2D eigenvalue weighted by Crippen LogP contribution is -2.11. The fraction of sp³-hybridized carbons (Fsp3) is 0. The summed E-state index contributed by atoms with van der Waals surface area (Å²) in [5, 5.41) is 31.8. The summed E-state index contributed by atoms with van der Waals surface area (Å²) >= 11 is 0. The molecule has 0 amide bonds.